The molecule has 0 unspecified atom stereocenters. The molecule has 0 radical (unpaired) electrons. The number of fused-ring (bicyclic) bond motifs is 2. The SMILES string of the molecule is Cn1nnc2cc(-c3ccc4cc(C5(O)CC(C)(C#N)C5)sc4n3)cnc21. The summed E-state index contributed by atoms with van der Waals surface area (Å²) >= 11 is 1.48. The minimum absolute atomic E-state index is 0.443. The molecule has 5 rings (SSSR count). The number of hydrogen-bond acceptors (Lipinski definition) is 7. The van der Waals surface area contributed by atoms with E-state index >= 15 is 0 Å². The van der Waals surface area contributed by atoms with E-state index in [1.54, 1.807) is 10.9 Å². The molecule has 1 fully saturated rings. The fourth-order valence-corrected chi connectivity index (χ4v) is 4.98. The second kappa shape index (κ2) is 5.31. The summed E-state index contributed by atoms with van der Waals surface area (Å²) in [5, 5.41) is 29.2. The summed E-state index contributed by atoms with van der Waals surface area (Å²) in [5.74, 6) is 0. The number of nitrogens with zero attached hydrogens (tertiary/aromatic N) is 6. The van der Waals surface area contributed by atoms with Crippen LogP contribution in [0.25, 0.3) is 32.6 Å². The largest absolute Gasteiger partial charge is 0.384 e. The first-order valence-electron chi connectivity index (χ1n) is 8.60. The van der Waals surface area contributed by atoms with Crippen molar-refractivity contribution < 1.29 is 5.11 Å². The molecule has 1 N–H and O–H groups in total. The number of pyridine rings is 2. The number of aryl methyl sites for hydroxylation is 1. The Kier molecular flexibility index (Phi) is 3.21. The predicted molar refractivity (Wildman–Crippen MR) is 102 cm³/mol. The van der Waals surface area contributed by atoms with Crippen LogP contribution in [0.1, 0.15) is 24.6 Å². The van der Waals surface area contributed by atoms with E-state index in [0.29, 0.717) is 12.8 Å². The van der Waals surface area contributed by atoms with Crippen molar-refractivity contribution in [2.75, 3.05) is 0 Å². The average Bonchev–Trinajstić information content (AvgIpc) is 3.23. The average molecular weight is 376 g/mol. The molecule has 8 heteroatoms. The summed E-state index contributed by atoms with van der Waals surface area (Å²) in [6, 6.07) is 10.2. The number of nitriles is 1. The fraction of sp³-hybridized carbons (Fsp3) is 0.316. The van der Waals surface area contributed by atoms with E-state index in [-0.39, 0.29) is 0 Å². The maximum absolute atomic E-state index is 10.9. The minimum Gasteiger partial charge on any atom is -0.384 e. The highest BCUT2D eigenvalue weighted by atomic mass is 32.1. The van der Waals surface area contributed by atoms with Crippen LogP contribution in [-0.4, -0.2) is 30.1 Å². The van der Waals surface area contributed by atoms with E-state index in [4.69, 9.17) is 4.98 Å². The van der Waals surface area contributed by atoms with Gasteiger partial charge in [0.25, 0.3) is 0 Å². The molecule has 0 atom stereocenters. The van der Waals surface area contributed by atoms with Crippen LogP contribution in [-0.2, 0) is 12.6 Å². The van der Waals surface area contributed by atoms with Crippen molar-refractivity contribution in [2.45, 2.75) is 25.4 Å². The highest BCUT2D eigenvalue weighted by molar-refractivity contribution is 7.18. The molecule has 4 heterocycles. The lowest BCUT2D eigenvalue weighted by Crippen LogP contribution is -2.46. The number of aliphatic hydroxyl groups is 1. The number of hydrogen-bond donors (Lipinski definition) is 1. The lowest BCUT2D eigenvalue weighted by Gasteiger charge is -2.46. The summed E-state index contributed by atoms with van der Waals surface area (Å²) in [6.45, 7) is 1.89. The van der Waals surface area contributed by atoms with Crippen LogP contribution in [0, 0.1) is 16.7 Å². The van der Waals surface area contributed by atoms with Gasteiger partial charge in [0, 0.05) is 29.1 Å². The molecular formula is C19H16N6OS. The molecule has 27 heavy (non-hydrogen) atoms. The summed E-state index contributed by atoms with van der Waals surface area (Å²) in [5.41, 5.74) is 1.77. The van der Waals surface area contributed by atoms with Gasteiger partial charge in [-0.15, -0.1) is 16.4 Å². The maximum atomic E-state index is 10.9. The zero-order valence-electron chi connectivity index (χ0n) is 14.8. The topological polar surface area (TPSA) is 101 Å². The van der Waals surface area contributed by atoms with Gasteiger partial charge in [0.2, 0.25) is 0 Å². The van der Waals surface area contributed by atoms with Crippen LogP contribution < -0.4 is 0 Å². The van der Waals surface area contributed by atoms with Gasteiger partial charge in [0.05, 0.1) is 17.2 Å². The Morgan fingerprint density at radius 3 is 2.89 bits per heavy atom. The van der Waals surface area contributed by atoms with Crippen molar-refractivity contribution in [2.24, 2.45) is 12.5 Å². The smallest absolute Gasteiger partial charge is 0.178 e. The fourth-order valence-electron chi connectivity index (χ4n) is 3.87. The van der Waals surface area contributed by atoms with Gasteiger partial charge in [-0.25, -0.2) is 14.6 Å². The lowest BCUT2D eigenvalue weighted by atomic mass is 9.60. The van der Waals surface area contributed by atoms with E-state index in [1.807, 2.05) is 38.2 Å². The van der Waals surface area contributed by atoms with Gasteiger partial charge in [-0.05, 0) is 44.0 Å². The molecule has 0 amide bonds. The lowest BCUT2D eigenvalue weighted by molar-refractivity contribution is -0.0999. The van der Waals surface area contributed by atoms with Gasteiger partial charge in [0.15, 0.2) is 5.65 Å². The van der Waals surface area contributed by atoms with Crippen LogP contribution >= 0.6 is 11.3 Å². The van der Waals surface area contributed by atoms with Crippen molar-refractivity contribution in [1.82, 2.24) is 25.0 Å². The molecule has 4 aromatic rings. The minimum atomic E-state index is -0.921. The Morgan fingerprint density at radius 1 is 1.30 bits per heavy atom. The molecule has 0 spiro atoms. The Labute approximate surface area is 158 Å². The molecule has 0 aliphatic heterocycles. The van der Waals surface area contributed by atoms with Gasteiger partial charge >= 0.3 is 0 Å². The van der Waals surface area contributed by atoms with Gasteiger partial charge in [0.1, 0.15) is 15.9 Å². The van der Waals surface area contributed by atoms with Gasteiger partial charge in [-0.3, -0.25) is 0 Å². The Balaban J connectivity index is 1.53. The first-order valence-corrected chi connectivity index (χ1v) is 9.41. The third-order valence-electron chi connectivity index (χ3n) is 5.21. The monoisotopic (exact) mass is 376 g/mol. The van der Waals surface area contributed by atoms with Crippen LogP contribution in [0.15, 0.2) is 30.5 Å². The quantitative estimate of drug-likeness (QED) is 0.577. The summed E-state index contributed by atoms with van der Waals surface area (Å²) < 4.78 is 1.63. The molecule has 0 saturated heterocycles. The van der Waals surface area contributed by atoms with Crippen molar-refractivity contribution in [3.05, 3.63) is 35.3 Å². The van der Waals surface area contributed by atoms with E-state index < -0.39 is 11.0 Å². The first-order chi connectivity index (χ1) is 12.9. The summed E-state index contributed by atoms with van der Waals surface area (Å²) in [7, 11) is 1.81. The van der Waals surface area contributed by atoms with Crippen LogP contribution in [0.3, 0.4) is 0 Å². The zero-order valence-corrected chi connectivity index (χ0v) is 15.7. The third kappa shape index (κ3) is 2.43. The van der Waals surface area contributed by atoms with Gasteiger partial charge in [-0.2, -0.15) is 5.26 Å². The van der Waals surface area contributed by atoms with Crippen LogP contribution in [0.2, 0.25) is 0 Å². The Morgan fingerprint density at radius 2 is 2.11 bits per heavy atom. The zero-order chi connectivity index (χ0) is 18.8. The molecule has 1 aliphatic rings. The summed E-state index contributed by atoms with van der Waals surface area (Å²) in [4.78, 5) is 10.9. The van der Waals surface area contributed by atoms with Crippen molar-refractivity contribution in [3.63, 3.8) is 0 Å². The Hall–Kier alpha value is -2.89. The molecular weight excluding hydrogens is 360 g/mol. The van der Waals surface area contributed by atoms with Gasteiger partial charge < -0.3 is 5.11 Å². The van der Waals surface area contributed by atoms with Gasteiger partial charge in [-0.1, -0.05) is 5.21 Å². The molecule has 1 aliphatic carbocycles. The standard InChI is InChI=1S/C19H16N6OS/c1-18(10-20)8-19(26,9-18)15-6-11-3-4-13(22-17(11)27-15)12-5-14-16(21-7-12)25(2)24-23-14/h3-7,26H,8-9H2,1-2H3. The van der Waals surface area contributed by atoms with E-state index in [1.165, 1.54) is 11.3 Å². The normalized spacial score (nSPS) is 24.8. The summed E-state index contributed by atoms with van der Waals surface area (Å²) in [6.07, 6.45) is 2.69. The van der Waals surface area contributed by atoms with Crippen molar-refractivity contribution in [3.8, 4) is 17.3 Å². The molecule has 0 aromatic carbocycles. The molecule has 134 valence electrons. The number of thiophene rings is 1. The van der Waals surface area contributed by atoms with Crippen molar-refractivity contribution in [1.29, 1.82) is 5.26 Å². The second-order valence-electron chi connectivity index (χ2n) is 7.54. The molecule has 1 saturated carbocycles. The molecule has 7 nitrogen and oxygen atoms in total. The number of rotatable bonds is 2. The van der Waals surface area contributed by atoms with E-state index in [0.717, 1.165) is 37.5 Å². The van der Waals surface area contributed by atoms with Crippen LogP contribution in [0.4, 0.5) is 0 Å². The Bertz CT molecular complexity index is 1240. The maximum Gasteiger partial charge on any atom is 0.178 e. The third-order valence-corrected chi connectivity index (χ3v) is 6.45. The van der Waals surface area contributed by atoms with E-state index in [9.17, 15) is 10.4 Å². The van der Waals surface area contributed by atoms with E-state index in [2.05, 4.69) is 21.4 Å². The second-order valence-corrected chi connectivity index (χ2v) is 8.57. The highest BCUT2D eigenvalue weighted by Gasteiger charge is 2.53. The first kappa shape index (κ1) is 16.3. The van der Waals surface area contributed by atoms with Crippen LogP contribution in [0.5, 0.6) is 0 Å². The number of aromatic nitrogens is 5. The molecule has 4 aromatic heterocycles. The highest BCUT2D eigenvalue weighted by Crippen LogP contribution is 2.55. The predicted octanol–water partition coefficient (Wildman–Crippen LogP) is 3.15. The van der Waals surface area contributed by atoms with Crippen molar-refractivity contribution >= 4 is 32.7 Å². The molecule has 0 bridgehead atoms.